The van der Waals surface area contributed by atoms with E-state index >= 15 is 0 Å². The maximum absolute atomic E-state index is 12.6. The summed E-state index contributed by atoms with van der Waals surface area (Å²) in [4.78, 5) is 12.5. The number of nitrogens with zero attached hydrogens (tertiary/aromatic N) is 1. The number of hydrogen-bond acceptors (Lipinski definition) is 4. The van der Waals surface area contributed by atoms with E-state index < -0.39 is 11.5 Å². The van der Waals surface area contributed by atoms with Gasteiger partial charge in [-0.1, -0.05) is 13.0 Å². The third-order valence-electron chi connectivity index (χ3n) is 2.76. The molecule has 23 heavy (non-hydrogen) atoms. The first-order valence-corrected chi connectivity index (χ1v) is 7.43. The van der Waals surface area contributed by atoms with Gasteiger partial charge in [-0.3, -0.25) is 9.69 Å². The number of alkyl halides is 3. The molecule has 0 radical (unpaired) electrons. The van der Waals surface area contributed by atoms with Gasteiger partial charge in [-0.25, -0.2) is 0 Å². The van der Waals surface area contributed by atoms with E-state index in [2.05, 4.69) is 0 Å². The third kappa shape index (κ3) is 8.34. The number of carboxylic acids is 1. The highest BCUT2D eigenvalue weighted by Crippen LogP contribution is 2.41. The molecular formula is C14H19ClF3NO3S. The van der Waals surface area contributed by atoms with Gasteiger partial charge in [0, 0.05) is 6.54 Å². The van der Waals surface area contributed by atoms with Crippen molar-refractivity contribution in [2.24, 2.45) is 0 Å². The van der Waals surface area contributed by atoms with Crippen molar-refractivity contribution in [3.8, 4) is 5.75 Å². The van der Waals surface area contributed by atoms with Crippen molar-refractivity contribution < 1.29 is 27.8 Å². The highest BCUT2D eigenvalue weighted by Gasteiger charge is 2.31. The Morgan fingerprint density at radius 2 is 2.04 bits per heavy atom. The molecular weight excluding hydrogens is 355 g/mol. The van der Waals surface area contributed by atoms with Crippen molar-refractivity contribution in [3.05, 3.63) is 23.8 Å². The Hall–Kier alpha value is -1.12. The Labute approximate surface area is 143 Å². The van der Waals surface area contributed by atoms with Crippen molar-refractivity contribution >= 4 is 30.1 Å². The molecule has 1 aromatic rings. The minimum absolute atomic E-state index is 0. The Balaban J connectivity index is 0.00000484. The van der Waals surface area contributed by atoms with Crippen LogP contribution in [0.25, 0.3) is 0 Å². The maximum Gasteiger partial charge on any atom is 0.446 e. The summed E-state index contributed by atoms with van der Waals surface area (Å²) in [6, 6.07) is 4.50. The Kier molecular flexibility index (Phi) is 9.41. The first kappa shape index (κ1) is 21.9. The quantitative estimate of drug-likeness (QED) is 0.697. The van der Waals surface area contributed by atoms with E-state index in [0.29, 0.717) is 12.1 Å². The van der Waals surface area contributed by atoms with Gasteiger partial charge in [0.25, 0.3) is 0 Å². The van der Waals surface area contributed by atoms with Crippen LogP contribution in [0.4, 0.5) is 13.2 Å². The molecule has 4 nitrogen and oxygen atoms in total. The number of aliphatic carboxylic acids is 1. The van der Waals surface area contributed by atoms with Crippen LogP contribution in [0.1, 0.15) is 18.9 Å². The fourth-order valence-corrected chi connectivity index (χ4v) is 2.72. The summed E-state index contributed by atoms with van der Waals surface area (Å²) < 4.78 is 42.6. The molecule has 0 spiro atoms. The van der Waals surface area contributed by atoms with Crippen LogP contribution in [-0.4, -0.2) is 41.7 Å². The van der Waals surface area contributed by atoms with Gasteiger partial charge >= 0.3 is 11.5 Å². The molecule has 0 fully saturated rings. The monoisotopic (exact) mass is 373 g/mol. The molecule has 0 saturated carbocycles. The second kappa shape index (κ2) is 9.89. The molecule has 0 atom stereocenters. The number of thioether (sulfide) groups is 1. The van der Waals surface area contributed by atoms with Crippen LogP contribution in [0.2, 0.25) is 0 Å². The SMILES string of the molecule is CCCN(CC(=O)O)Cc1ccc(OC)c(SC(F)(F)F)c1.Cl. The fraction of sp³-hybridized carbons (Fsp3) is 0.500. The summed E-state index contributed by atoms with van der Waals surface area (Å²) >= 11 is -0.239. The number of halogens is 4. The number of rotatable bonds is 8. The van der Waals surface area contributed by atoms with E-state index in [-0.39, 0.29) is 47.9 Å². The van der Waals surface area contributed by atoms with Crippen LogP contribution in [0.15, 0.2) is 23.1 Å². The molecule has 1 rings (SSSR count). The molecule has 0 aliphatic carbocycles. The smallest absolute Gasteiger partial charge is 0.446 e. The number of carboxylic acid groups (broad SMARTS) is 1. The van der Waals surface area contributed by atoms with Gasteiger partial charge in [0.1, 0.15) is 5.75 Å². The predicted octanol–water partition coefficient (Wildman–Crippen LogP) is 4.03. The second-order valence-electron chi connectivity index (χ2n) is 4.64. The van der Waals surface area contributed by atoms with E-state index in [4.69, 9.17) is 9.84 Å². The number of methoxy groups -OCH3 is 1. The average Bonchev–Trinajstić information content (AvgIpc) is 2.36. The van der Waals surface area contributed by atoms with Gasteiger partial charge in [-0.05, 0) is 42.4 Å². The summed E-state index contributed by atoms with van der Waals surface area (Å²) in [7, 11) is 1.31. The van der Waals surface area contributed by atoms with Gasteiger partial charge in [0.05, 0.1) is 18.6 Å². The fourth-order valence-electron chi connectivity index (χ4n) is 2.00. The average molecular weight is 374 g/mol. The number of ether oxygens (including phenoxy) is 1. The molecule has 9 heteroatoms. The number of hydrogen-bond donors (Lipinski definition) is 1. The molecule has 0 aliphatic rings. The van der Waals surface area contributed by atoms with Crippen LogP contribution >= 0.6 is 24.2 Å². The summed E-state index contributed by atoms with van der Waals surface area (Å²) in [6.07, 6.45) is 0.758. The van der Waals surface area contributed by atoms with E-state index in [9.17, 15) is 18.0 Å². The molecule has 0 unspecified atom stereocenters. The normalized spacial score (nSPS) is 11.2. The Morgan fingerprint density at radius 1 is 1.39 bits per heavy atom. The van der Waals surface area contributed by atoms with Crippen molar-refractivity contribution in [2.45, 2.75) is 30.3 Å². The van der Waals surface area contributed by atoms with Crippen molar-refractivity contribution in [1.29, 1.82) is 0 Å². The van der Waals surface area contributed by atoms with Gasteiger partial charge in [-0.2, -0.15) is 13.2 Å². The lowest BCUT2D eigenvalue weighted by Gasteiger charge is -2.20. The molecule has 0 bridgehead atoms. The van der Waals surface area contributed by atoms with Gasteiger partial charge in [-0.15, -0.1) is 12.4 Å². The molecule has 0 heterocycles. The molecule has 0 aliphatic heterocycles. The summed E-state index contributed by atoms with van der Waals surface area (Å²) in [5, 5.41) is 8.86. The molecule has 0 amide bonds. The lowest BCUT2D eigenvalue weighted by molar-refractivity contribution is -0.138. The predicted molar refractivity (Wildman–Crippen MR) is 85.4 cm³/mol. The first-order valence-electron chi connectivity index (χ1n) is 6.62. The minimum Gasteiger partial charge on any atom is -0.496 e. The van der Waals surface area contributed by atoms with Crippen molar-refractivity contribution in [1.82, 2.24) is 4.90 Å². The summed E-state index contributed by atoms with van der Waals surface area (Å²) in [6.45, 7) is 2.59. The highest BCUT2D eigenvalue weighted by molar-refractivity contribution is 8.00. The topological polar surface area (TPSA) is 49.8 Å². The number of benzene rings is 1. The minimum atomic E-state index is -4.41. The van der Waals surface area contributed by atoms with Crippen LogP contribution < -0.4 is 4.74 Å². The zero-order valence-corrected chi connectivity index (χ0v) is 14.4. The van der Waals surface area contributed by atoms with E-state index in [0.717, 1.165) is 6.42 Å². The first-order chi connectivity index (χ1) is 10.2. The van der Waals surface area contributed by atoms with Crippen LogP contribution in [-0.2, 0) is 11.3 Å². The largest absolute Gasteiger partial charge is 0.496 e. The van der Waals surface area contributed by atoms with Crippen LogP contribution in [0.5, 0.6) is 5.75 Å². The van der Waals surface area contributed by atoms with E-state index in [1.165, 1.54) is 19.2 Å². The van der Waals surface area contributed by atoms with E-state index in [1.807, 2.05) is 6.92 Å². The van der Waals surface area contributed by atoms with Crippen LogP contribution in [0.3, 0.4) is 0 Å². The Bertz CT molecular complexity index is 515. The number of carbonyl (C=O) groups is 1. The highest BCUT2D eigenvalue weighted by atomic mass is 35.5. The molecule has 0 saturated heterocycles. The second-order valence-corrected chi connectivity index (χ2v) is 5.74. The Morgan fingerprint density at radius 3 is 2.52 bits per heavy atom. The van der Waals surface area contributed by atoms with Crippen LogP contribution in [0, 0.1) is 0 Å². The molecule has 1 N–H and O–H groups in total. The van der Waals surface area contributed by atoms with Gasteiger partial charge in [0.15, 0.2) is 0 Å². The maximum atomic E-state index is 12.6. The van der Waals surface area contributed by atoms with Gasteiger partial charge < -0.3 is 9.84 Å². The summed E-state index contributed by atoms with van der Waals surface area (Å²) in [5.41, 5.74) is -3.79. The van der Waals surface area contributed by atoms with Crippen molar-refractivity contribution in [2.75, 3.05) is 20.2 Å². The standard InChI is InChI=1S/C14H18F3NO3S.ClH/c1-3-6-18(9-13(19)20)8-10-4-5-11(21-2)12(7-10)22-14(15,16)17;/h4-5,7H,3,6,8-9H2,1-2H3,(H,19,20);1H. The zero-order chi connectivity index (χ0) is 16.8. The third-order valence-corrected chi connectivity index (χ3v) is 3.53. The van der Waals surface area contributed by atoms with Crippen molar-refractivity contribution in [3.63, 3.8) is 0 Å². The summed E-state index contributed by atoms with van der Waals surface area (Å²) in [5.74, 6) is -0.821. The molecule has 0 aromatic heterocycles. The van der Waals surface area contributed by atoms with E-state index in [1.54, 1.807) is 11.0 Å². The zero-order valence-electron chi connectivity index (χ0n) is 12.7. The lowest BCUT2D eigenvalue weighted by Crippen LogP contribution is -2.30. The lowest BCUT2D eigenvalue weighted by atomic mass is 10.2. The molecule has 132 valence electrons. The van der Waals surface area contributed by atoms with Gasteiger partial charge in [0.2, 0.25) is 0 Å². The molecule has 1 aromatic carbocycles.